The van der Waals surface area contributed by atoms with Crippen LogP contribution in [0.5, 0.6) is 0 Å². The highest BCUT2D eigenvalue weighted by Crippen LogP contribution is 1.83. The molecule has 0 N–H and O–H groups in total. The lowest BCUT2D eigenvalue weighted by Crippen LogP contribution is -2.24. The average molecular weight is 138 g/mol. The fraction of sp³-hybridized carbons (Fsp3) is 0.167. The highest BCUT2D eigenvalue weighted by atomic mass is 32.1. The standard InChI is InChI=1S/C6H4NOS/c1-2-8-3-5-6(1)9-4-7-5/h1,3H,2H2. The molecular formula is C6H4NOS. The van der Waals surface area contributed by atoms with E-state index >= 15 is 0 Å². The van der Waals surface area contributed by atoms with Gasteiger partial charge in [-0.1, -0.05) is 0 Å². The summed E-state index contributed by atoms with van der Waals surface area (Å²) in [6.45, 7) is 0.670. The van der Waals surface area contributed by atoms with Crippen LogP contribution in [0.1, 0.15) is 0 Å². The first kappa shape index (κ1) is 4.99. The maximum absolute atomic E-state index is 5.00. The summed E-state index contributed by atoms with van der Waals surface area (Å²) in [7, 11) is 0. The minimum Gasteiger partial charge on any atom is -0.495 e. The van der Waals surface area contributed by atoms with Crippen molar-refractivity contribution in [2.24, 2.45) is 0 Å². The van der Waals surface area contributed by atoms with Gasteiger partial charge in [0.05, 0.1) is 4.53 Å². The van der Waals surface area contributed by atoms with Gasteiger partial charge < -0.3 is 4.74 Å². The molecule has 0 unspecified atom stereocenters. The molecule has 1 aromatic heterocycles. The summed E-state index contributed by atoms with van der Waals surface area (Å²) in [5.74, 6) is 0. The van der Waals surface area contributed by atoms with Crippen LogP contribution in [0.25, 0.3) is 12.3 Å². The summed E-state index contributed by atoms with van der Waals surface area (Å²) in [5.41, 5.74) is 2.79. The van der Waals surface area contributed by atoms with Crippen LogP contribution in [-0.2, 0) is 4.74 Å². The van der Waals surface area contributed by atoms with Crippen LogP contribution in [-0.4, -0.2) is 11.6 Å². The summed E-state index contributed by atoms with van der Waals surface area (Å²) in [6, 6.07) is 0. The van der Waals surface area contributed by atoms with Gasteiger partial charge in [0.2, 0.25) is 0 Å². The molecule has 45 valence electrons. The second-order valence-electron chi connectivity index (χ2n) is 1.71. The molecule has 2 heterocycles. The number of nitrogens with zero attached hydrogens (tertiary/aromatic N) is 1. The van der Waals surface area contributed by atoms with Crippen LogP contribution in [0.4, 0.5) is 0 Å². The van der Waals surface area contributed by atoms with Crippen LogP contribution in [0, 0.1) is 5.51 Å². The fourth-order valence-electron chi connectivity index (χ4n) is 0.710. The molecule has 9 heavy (non-hydrogen) atoms. The summed E-state index contributed by atoms with van der Waals surface area (Å²) >= 11 is 1.52. The number of hydrogen-bond donors (Lipinski definition) is 0. The van der Waals surface area contributed by atoms with E-state index in [2.05, 4.69) is 10.5 Å². The van der Waals surface area contributed by atoms with Crippen molar-refractivity contribution in [1.29, 1.82) is 0 Å². The van der Waals surface area contributed by atoms with E-state index in [1.54, 1.807) is 6.26 Å². The van der Waals surface area contributed by atoms with Gasteiger partial charge in [0, 0.05) is 0 Å². The van der Waals surface area contributed by atoms with Crippen LogP contribution in [0.2, 0.25) is 0 Å². The van der Waals surface area contributed by atoms with Gasteiger partial charge in [0.25, 0.3) is 0 Å². The van der Waals surface area contributed by atoms with E-state index in [9.17, 15) is 0 Å². The topological polar surface area (TPSA) is 22.1 Å². The van der Waals surface area contributed by atoms with Gasteiger partial charge in [-0.3, -0.25) is 0 Å². The van der Waals surface area contributed by atoms with Crippen LogP contribution >= 0.6 is 11.3 Å². The molecule has 2 nitrogen and oxygen atoms in total. The Hall–Kier alpha value is -0.830. The van der Waals surface area contributed by atoms with E-state index in [0.29, 0.717) is 6.61 Å². The second kappa shape index (κ2) is 1.84. The van der Waals surface area contributed by atoms with E-state index in [-0.39, 0.29) is 0 Å². The first-order chi connectivity index (χ1) is 4.47. The van der Waals surface area contributed by atoms with Gasteiger partial charge in [-0.2, -0.15) is 0 Å². The lowest BCUT2D eigenvalue weighted by Gasteiger charge is -1.95. The van der Waals surface area contributed by atoms with E-state index < -0.39 is 0 Å². The van der Waals surface area contributed by atoms with Gasteiger partial charge in [-0.25, -0.2) is 4.98 Å². The van der Waals surface area contributed by atoms with Gasteiger partial charge in [-0.05, 0) is 6.08 Å². The summed E-state index contributed by atoms with van der Waals surface area (Å²) in [5, 5.41) is 0.909. The molecule has 0 amide bonds. The van der Waals surface area contributed by atoms with Gasteiger partial charge >= 0.3 is 0 Å². The number of thiazole rings is 1. The predicted octanol–water partition coefficient (Wildman–Crippen LogP) is -0.508. The molecule has 0 saturated carbocycles. The minimum atomic E-state index is 0.670. The third-order valence-corrected chi connectivity index (χ3v) is 1.91. The van der Waals surface area contributed by atoms with Crippen LogP contribution < -0.4 is 9.88 Å². The zero-order valence-corrected chi connectivity index (χ0v) is 5.44. The quantitative estimate of drug-likeness (QED) is 0.482. The molecule has 0 saturated heterocycles. The lowest BCUT2D eigenvalue weighted by atomic mass is 10.5. The molecule has 1 radical (unpaired) electrons. The van der Waals surface area contributed by atoms with E-state index in [1.165, 1.54) is 15.9 Å². The molecule has 1 aromatic rings. The van der Waals surface area contributed by atoms with Gasteiger partial charge in [0.1, 0.15) is 18.2 Å². The van der Waals surface area contributed by atoms with Crippen molar-refractivity contribution >= 4 is 23.7 Å². The number of ether oxygens (including phenoxy) is 1. The normalized spacial score (nSPS) is 14.7. The molecule has 1 aliphatic rings. The zero-order chi connectivity index (χ0) is 6.10. The zero-order valence-electron chi connectivity index (χ0n) is 4.63. The lowest BCUT2D eigenvalue weighted by molar-refractivity contribution is 0.345. The summed E-state index contributed by atoms with van der Waals surface area (Å²) < 4.78 is 6.17. The van der Waals surface area contributed by atoms with E-state index in [1.807, 2.05) is 6.08 Å². The molecular weight excluding hydrogens is 134 g/mol. The molecule has 0 spiro atoms. The van der Waals surface area contributed by atoms with Gasteiger partial charge in [-0.15, -0.1) is 11.3 Å². The molecule has 0 bridgehead atoms. The van der Waals surface area contributed by atoms with Crippen molar-refractivity contribution in [2.45, 2.75) is 0 Å². The predicted molar refractivity (Wildman–Crippen MR) is 35.1 cm³/mol. The molecule has 3 heteroatoms. The smallest absolute Gasteiger partial charge is 0.153 e. The molecule has 0 aromatic carbocycles. The number of fused-ring (bicyclic) bond motifs is 1. The first-order valence-electron chi connectivity index (χ1n) is 2.62. The monoisotopic (exact) mass is 138 g/mol. The number of rotatable bonds is 0. The molecule has 0 fully saturated rings. The van der Waals surface area contributed by atoms with Crippen molar-refractivity contribution < 1.29 is 4.74 Å². The molecule has 1 aliphatic heterocycles. The molecule has 2 rings (SSSR count). The van der Waals surface area contributed by atoms with Crippen LogP contribution in [0.15, 0.2) is 0 Å². The van der Waals surface area contributed by atoms with E-state index in [0.717, 1.165) is 5.35 Å². The van der Waals surface area contributed by atoms with Crippen molar-refractivity contribution in [2.75, 3.05) is 6.61 Å². The maximum Gasteiger partial charge on any atom is 0.153 e. The van der Waals surface area contributed by atoms with Crippen LogP contribution in [0.3, 0.4) is 0 Å². The van der Waals surface area contributed by atoms with Crippen molar-refractivity contribution in [3.05, 3.63) is 15.4 Å². The Kier molecular flexibility index (Phi) is 1.02. The van der Waals surface area contributed by atoms with Gasteiger partial charge in [0.15, 0.2) is 5.51 Å². The highest BCUT2D eigenvalue weighted by molar-refractivity contribution is 7.06. The Labute approximate surface area is 56.1 Å². The average Bonchev–Trinajstić information content (AvgIpc) is 2.33. The Morgan fingerprint density at radius 2 is 2.78 bits per heavy atom. The van der Waals surface area contributed by atoms with Crippen molar-refractivity contribution in [1.82, 2.24) is 4.98 Å². The first-order valence-corrected chi connectivity index (χ1v) is 3.43. The Morgan fingerprint density at radius 3 is 3.67 bits per heavy atom. The molecule has 0 atom stereocenters. The van der Waals surface area contributed by atoms with Crippen molar-refractivity contribution in [3.63, 3.8) is 0 Å². The van der Waals surface area contributed by atoms with E-state index in [4.69, 9.17) is 4.74 Å². The Bertz CT molecular complexity index is 284. The Morgan fingerprint density at radius 1 is 1.78 bits per heavy atom. The number of aromatic nitrogens is 1. The summed E-state index contributed by atoms with van der Waals surface area (Å²) in [6.07, 6.45) is 3.67. The fourth-order valence-corrected chi connectivity index (χ4v) is 1.30. The SMILES string of the molecule is [c]1nc2c(s1)=CCOC=2. The minimum absolute atomic E-state index is 0.670. The second-order valence-corrected chi connectivity index (χ2v) is 2.54. The maximum atomic E-state index is 5.00. The highest BCUT2D eigenvalue weighted by Gasteiger charge is 1.93. The molecule has 0 aliphatic carbocycles. The Balaban J connectivity index is 2.89. The summed E-state index contributed by atoms with van der Waals surface area (Å²) in [4.78, 5) is 3.94. The number of hydrogen-bond acceptors (Lipinski definition) is 3. The van der Waals surface area contributed by atoms with Crippen molar-refractivity contribution in [3.8, 4) is 0 Å². The third-order valence-electron chi connectivity index (χ3n) is 1.13. The largest absolute Gasteiger partial charge is 0.495 e. The third kappa shape index (κ3) is 0.733.